The topological polar surface area (TPSA) is 51.5 Å². The minimum absolute atomic E-state index is 0.196. The first-order valence-electron chi connectivity index (χ1n) is 5.52. The van der Waals surface area contributed by atoms with Crippen LogP contribution < -0.4 is 5.48 Å². The van der Waals surface area contributed by atoms with Crippen molar-refractivity contribution >= 4 is 28.5 Å². The molecule has 18 heavy (non-hydrogen) atoms. The number of fused-ring (bicyclic) bond motifs is 1. The molecular weight excluding hydrogens is 254 g/mol. The molecule has 1 aromatic carbocycles. The van der Waals surface area contributed by atoms with E-state index in [-0.39, 0.29) is 12.3 Å². The van der Waals surface area contributed by atoms with Crippen LogP contribution >= 0.6 is 11.6 Å². The molecule has 0 aliphatic heterocycles. The highest BCUT2D eigenvalue weighted by atomic mass is 35.5. The van der Waals surface area contributed by atoms with Gasteiger partial charge in [0.1, 0.15) is 5.58 Å². The molecule has 0 saturated heterocycles. The van der Waals surface area contributed by atoms with Crippen molar-refractivity contribution in [3.05, 3.63) is 34.0 Å². The summed E-state index contributed by atoms with van der Waals surface area (Å²) in [6.45, 7) is 3.85. The van der Waals surface area contributed by atoms with Gasteiger partial charge in [-0.2, -0.15) is 0 Å². The largest absolute Gasteiger partial charge is 0.464 e. The molecule has 0 aliphatic rings. The lowest BCUT2D eigenvalue weighted by molar-refractivity contribution is -0.130. The summed E-state index contributed by atoms with van der Waals surface area (Å²) in [6.07, 6.45) is 1.78. The molecule has 0 aliphatic carbocycles. The van der Waals surface area contributed by atoms with Gasteiger partial charge in [0.15, 0.2) is 0 Å². The Kier molecular flexibility index (Phi) is 3.59. The summed E-state index contributed by atoms with van der Waals surface area (Å²) in [5.74, 6) is -0.226. The predicted octanol–water partition coefficient (Wildman–Crippen LogP) is 2.92. The molecule has 1 heterocycles. The van der Waals surface area contributed by atoms with Gasteiger partial charge in [-0.3, -0.25) is 9.63 Å². The van der Waals surface area contributed by atoms with E-state index in [1.807, 2.05) is 19.9 Å². The van der Waals surface area contributed by atoms with E-state index >= 15 is 0 Å². The Balaban J connectivity index is 2.47. The molecule has 96 valence electrons. The third-order valence-corrected chi connectivity index (χ3v) is 3.44. The first-order chi connectivity index (χ1) is 8.54. The molecule has 4 nitrogen and oxygen atoms in total. The first kappa shape index (κ1) is 12.9. The SMILES string of the molecule is CONC(=O)Cc1coc2cc(C)c(Cl)c(C)c12. The quantitative estimate of drug-likeness (QED) is 0.870. The van der Waals surface area contributed by atoms with Gasteiger partial charge in [0.05, 0.1) is 19.8 Å². The smallest absolute Gasteiger partial charge is 0.248 e. The molecule has 0 spiro atoms. The monoisotopic (exact) mass is 267 g/mol. The molecule has 1 amide bonds. The van der Waals surface area contributed by atoms with Crippen LogP contribution in [0.4, 0.5) is 0 Å². The van der Waals surface area contributed by atoms with Crippen molar-refractivity contribution in [2.75, 3.05) is 7.11 Å². The fourth-order valence-electron chi connectivity index (χ4n) is 2.06. The number of carbonyl (C=O) groups is 1. The van der Waals surface area contributed by atoms with E-state index < -0.39 is 0 Å². The van der Waals surface area contributed by atoms with E-state index in [4.69, 9.17) is 16.0 Å². The minimum Gasteiger partial charge on any atom is -0.464 e. The lowest BCUT2D eigenvalue weighted by Crippen LogP contribution is -2.23. The number of amides is 1. The summed E-state index contributed by atoms with van der Waals surface area (Å²) in [5, 5.41) is 1.61. The maximum atomic E-state index is 11.5. The van der Waals surface area contributed by atoms with Crippen LogP contribution in [0.15, 0.2) is 16.7 Å². The van der Waals surface area contributed by atoms with Crippen LogP contribution in [0.3, 0.4) is 0 Å². The molecule has 2 aromatic rings. The molecule has 1 aromatic heterocycles. The summed E-state index contributed by atoms with van der Waals surface area (Å²) in [7, 11) is 1.40. The number of rotatable bonds is 3. The van der Waals surface area contributed by atoms with Crippen molar-refractivity contribution in [3.8, 4) is 0 Å². The average Bonchev–Trinajstić information content (AvgIpc) is 2.69. The van der Waals surface area contributed by atoms with Gasteiger partial charge >= 0.3 is 0 Å². The van der Waals surface area contributed by atoms with Crippen molar-refractivity contribution in [2.24, 2.45) is 0 Å². The Morgan fingerprint density at radius 1 is 1.50 bits per heavy atom. The summed E-state index contributed by atoms with van der Waals surface area (Å²) < 4.78 is 5.47. The van der Waals surface area contributed by atoms with Crippen molar-refractivity contribution in [1.29, 1.82) is 0 Å². The molecule has 0 bridgehead atoms. The Hall–Kier alpha value is -1.52. The maximum Gasteiger partial charge on any atom is 0.248 e. The van der Waals surface area contributed by atoms with Gasteiger partial charge in [-0.1, -0.05) is 11.6 Å². The molecule has 1 N–H and O–H groups in total. The molecule has 2 rings (SSSR count). The number of hydrogen-bond donors (Lipinski definition) is 1. The van der Waals surface area contributed by atoms with Crippen LogP contribution in [-0.4, -0.2) is 13.0 Å². The molecule has 0 radical (unpaired) electrons. The maximum absolute atomic E-state index is 11.5. The van der Waals surface area contributed by atoms with E-state index in [0.717, 1.165) is 27.7 Å². The second kappa shape index (κ2) is 5.00. The zero-order chi connectivity index (χ0) is 13.3. The second-order valence-corrected chi connectivity index (χ2v) is 4.55. The highest BCUT2D eigenvalue weighted by Crippen LogP contribution is 2.32. The van der Waals surface area contributed by atoms with Crippen LogP contribution in [0.5, 0.6) is 0 Å². The Bertz CT molecular complexity index is 604. The van der Waals surface area contributed by atoms with Gasteiger partial charge in [0.25, 0.3) is 0 Å². The number of carbonyl (C=O) groups excluding carboxylic acids is 1. The van der Waals surface area contributed by atoms with Crippen LogP contribution in [0.1, 0.15) is 16.7 Å². The predicted molar refractivity (Wildman–Crippen MR) is 69.6 cm³/mol. The Morgan fingerprint density at radius 2 is 2.22 bits per heavy atom. The zero-order valence-corrected chi connectivity index (χ0v) is 11.2. The van der Waals surface area contributed by atoms with Gasteiger partial charge in [0, 0.05) is 16.0 Å². The summed E-state index contributed by atoms with van der Waals surface area (Å²) >= 11 is 6.22. The van der Waals surface area contributed by atoms with Crippen molar-refractivity contribution in [3.63, 3.8) is 0 Å². The van der Waals surface area contributed by atoms with Crippen LogP contribution in [-0.2, 0) is 16.1 Å². The van der Waals surface area contributed by atoms with Gasteiger partial charge in [-0.25, -0.2) is 5.48 Å². The number of nitrogens with one attached hydrogen (secondary N) is 1. The third kappa shape index (κ3) is 2.21. The molecule has 5 heteroatoms. The van der Waals surface area contributed by atoms with Gasteiger partial charge in [-0.05, 0) is 31.0 Å². The zero-order valence-electron chi connectivity index (χ0n) is 10.5. The average molecular weight is 268 g/mol. The van der Waals surface area contributed by atoms with Crippen LogP contribution in [0, 0.1) is 13.8 Å². The highest BCUT2D eigenvalue weighted by Gasteiger charge is 2.15. The molecule has 0 unspecified atom stereocenters. The van der Waals surface area contributed by atoms with Crippen LogP contribution in [0.25, 0.3) is 11.0 Å². The molecule has 0 fully saturated rings. The van der Waals surface area contributed by atoms with Gasteiger partial charge in [-0.15, -0.1) is 0 Å². The Morgan fingerprint density at radius 3 is 2.89 bits per heavy atom. The fourth-order valence-corrected chi connectivity index (χ4v) is 2.21. The Labute approximate surface area is 110 Å². The lowest BCUT2D eigenvalue weighted by atomic mass is 10.0. The van der Waals surface area contributed by atoms with E-state index in [2.05, 4.69) is 10.3 Å². The van der Waals surface area contributed by atoms with Crippen LogP contribution in [0.2, 0.25) is 5.02 Å². The summed E-state index contributed by atoms with van der Waals surface area (Å²) in [6, 6.07) is 1.88. The lowest BCUT2D eigenvalue weighted by Gasteiger charge is -2.05. The van der Waals surface area contributed by atoms with Crippen molar-refractivity contribution in [2.45, 2.75) is 20.3 Å². The summed E-state index contributed by atoms with van der Waals surface area (Å²) in [4.78, 5) is 16.1. The highest BCUT2D eigenvalue weighted by molar-refractivity contribution is 6.33. The first-order valence-corrected chi connectivity index (χ1v) is 5.90. The number of halogens is 1. The number of aryl methyl sites for hydroxylation is 2. The number of hydrogen-bond acceptors (Lipinski definition) is 3. The van der Waals surface area contributed by atoms with E-state index in [1.54, 1.807) is 6.26 Å². The van der Waals surface area contributed by atoms with Crippen molar-refractivity contribution in [1.82, 2.24) is 5.48 Å². The van der Waals surface area contributed by atoms with E-state index in [0.29, 0.717) is 5.02 Å². The standard InChI is InChI=1S/C13H14ClNO3/c1-7-4-10-12(8(2)13(7)14)9(6-18-10)5-11(16)15-17-3/h4,6H,5H2,1-3H3,(H,15,16). The molecular formula is C13H14ClNO3. The molecule has 0 saturated carbocycles. The van der Waals surface area contributed by atoms with E-state index in [9.17, 15) is 4.79 Å². The normalized spacial score (nSPS) is 10.9. The van der Waals surface area contributed by atoms with E-state index in [1.165, 1.54) is 7.11 Å². The number of hydroxylamine groups is 1. The third-order valence-electron chi connectivity index (χ3n) is 2.86. The van der Waals surface area contributed by atoms with Gasteiger partial charge in [0.2, 0.25) is 5.91 Å². The minimum atomic E-state index is -0.226. The fraction of sp³-hybridized carbons (Fsp3) is 0.308. The van der Waals surface area contributed by atoms with Gasteiger partial charge < -0.3 is 4.42 Å². The van der Waals surface area contributed by atoms with Crippen molar-refractivity contribution < 1.29 is 14.0 Å². The molecule has 0 atom stereocenters. The summed E-state index contributed by atoms with van der Waals surface area (Å²) in [5.41, 5.74) is 5.72. The second-order valence-electron chi connectivity index (χ2n) is 4.17. The number of furan rings is 1. The number of benzene rings is 1.